The van der Waals surface area contributed by atoms with Crippen LogP contribution in [-0.4, -0.2) is 35.2 Å². The molecule has 5 nitrogen and oxygen atoms in total. The highest BCUT2D eigenvalue weighted by molar-refractivity contribution is 6.06. The molecular weight excluding hydrogens is 299 g/mol. The molecule has 1 saturated heterocycles. The fraction of sp³-hybridized carbons (Fsp3) is 0.353. The molecule has 2 aliphatic rings. The van der Waals surface area contributed by atoms with Crippen molar-refractivity contribution in [2.45, 2.75) is 19.4 Å². The van der Waals surface area contributed by atoms with Gasteiger partial charge in [-0.1, -0.05) is 12.2 Å². The predicted molar refractivity (Wildman–Crippen MR) is 80.8 cm³/mol. The van der Waals surface area contributed by atoms with Crippen LogP contribution in [0.5, 0.6) is 0 Å². The first-order valence-corrected chi connectivity index (χ1v) is 7.61. The van der Waals surface area contributed by atoms with Crippen molar-refractivity contribution in [3.8, 4) is 0 Å². The monoisotopic (exact) mass is 316 g/mol. The fourth-order valence-electron chi connectivity index (χ4n) is 3.24. The molecule has 1 aromatic rings. The van der Waals surface area contributed by atoms with Crippen molar-refractivity contribution in [2.24, 2.45) is 11.8 Å². The standard InChI is InChI=1S/C17H17FN2O3/c1-2-20-16(22)12-4-3-5-13(14(12)17(20)23)19-15(21)10-6-8-11(18)9-7-10/h3,5-9,12-14H,2,4H2,1H3,(H,19,21)/t12-,13-,14-/m1/s1. The van der Waals surface area contributed by atoms with E-state index in [1.165, 1.54) is 29.2 Å². The highest BCUT2D eigenvalue weighted by Gasteiger charge is 2.50. The molecule has 1 aromatic carbocycles. The Kier molecular flexibility index (Phi) is 3.98. The Bertz CT molecular complexity index is 684. The van der Waals surface area contributed by atoms with E-state index in [0.29, 0.717) is 18.5 Å². The first-order valence-electron chi connectivity index (χ1n) is 7.61. The number of hydrogen-bond acceptors (Lipinski definition) is 3. The maximum Gasteiger partial charge on any atom is 0.251 e. The highest BCUT2D eigenvalue weighted by atomic mass is 19.1. The number of hydrogen-bond donors (Lipinski definition) is 1. The van der Waals surface area contributed by atoms with E-state index in [9.17, 15) is 18.8 Å². The summed E-state index contributed by atoms with van der Waals surface area (Å²) in [6.07, 6.45) is 4.09. The number of benzene rings is 1. The van der Waals surface area contributed by atoms with Crippen molar-refractivity contribution in [3.05, 3.63) is 47.8 Å². The predicted octanol–water partition coefficient (Wildman–Crippen LogP) is 1.51. The number of rotatable bonds is 3. The number of halogens is 1. The van der Waals surface area contributed by atoms with E-state index in [0.717, 1.165) is 0 Å². The first kappa shape index (κ1) is 15.4. The molecule has 0 unspecified atom stereocenters. The minimum atomic E-state index is -0.558. The van der Waals surface area contributed by atoms with Gasteiger partial charge in [-0.05, 0) is 37.6 Å². The summed E-state index contributed by atoms with van der Waals surface area (Å²) >= 11 is 0. The van der Waals surface area contributed by atoms with Crippen molar-refractivity contribution in [1.82, 2.24) is 10.2 Å². The average molecular weight is 316 g/mol. The van der Waals surface area contributed by atoms with Crippen molar-refractivity contribution in [1.29, 1.82) is 0 Å². The molecule has 0 saturated carbocycles. The van der Waals surface area contributed by atoms with Gasteiger partial charge in [-0.3, -0.25) is 19.3 Å². The van der Waals surface area contributed by atoms with Crippen LogP contribution >= 0.6 is 0 Å². The van der Waals surface area contributed by atoms with Crippen molar-refractivity contribution < 1.29 is 18.8 Å². The van der Waals surface area contributed by atoms with Crippen LogP contribution in [0, 0.1) is 17.7 Å². The number of nitrogens with zero attached hydrogens (tertiary/aromatic N) is 1. The van der Waals surface area contributed by atoms with Gasteiger partial charge in [0.2, 0.25) is 11.8 Å². The number of amides is 3. The van der Waals surface area contributed by atoms with Gasteiger partial charge in [-0.15, -0.1) is 0 Å². The van der Waals surface area contributed by atoms with Gasteiger partial charge in [0.15, 0.2) is 0 Å². The lowest BCUT2D eigenvalue weighted by Crippen LogP contribution is -2.45. The van der Waals surface area contributed by atoms with E-state index in [1.54, 1.807) is 13.0 Å². The summed E-state index contributed by atoms with van der Waals surface area (Å²) in [4.78, 5) is 38.2. The fourth-order valence-corrected chi connectivity index (χ4v) is 3.24. The minimum Gasteiger partial charge on any atom is -0.345 e. The Morgan fingerprint density at radius 2 is 1.96 bits per heavy atom. The molecule has 1 aliphatic carbocycles. The minimum absolute atomic E-state index is 0.173. The molecule has 0 aromatic heterocycles. The number of fused-ring (bicyclic) bond motifs is 1. The summed E-state index contributed by atoms with van der Waals surface area (Å²) in [5.41, 5.74) is 0.311. The molecule has 1 fully saturated rings. The normalized spacial score (nSPS) is 26.3. The summed E-state index contributed by atoms with van der Waals surface area (Å²) in [5.74, 6) is -2.20. The lowest BCUT2D eigenvalue weighted by molar-refractivity contribution is -0.139. The van der Waals surface area contributed by atoms with Gasteiger partial charge in [-0.25, -0.2) is 4.39 Å². The number of carbonyl (C=O) groups is 3. The van der Waals surface area contributed by atoms with Crippen LogP contribution in [0.3, 0.4) is 0 Å². The second-order valence-corrected chi connectivity index (χ2v) is 5.72. The Morgan fingerprint density at radius 3 is 2.61 bits per heavy atom. The smallest absolute Gasteiger partial charge is 0.251 e. The first-order chi connectivity index (χ1) is 11.0. The summed E-state index contributed by atoms with van der Waals surface area (Å²) in [6, 6.07) is 4.65. The zero-order chi connectivity index (χ0) is 16.6. The van der Waals surface area contributed by atoms with E-state index in [4.69, 9.17) is 0 Å². The second kappa shape index (κ2) is 5.95. The van der Waals surface area contributed by atoms with Crippen LogP contribution in [0.1, 0.15) is 23.7 Å². The Balaban J connectivity index is 1.80. The van der Waals surface area contributed by atoms with Crippen molar-refractivity contribution >= 4 is 17.7 Å². The molecule has 3 atom stereocenters. The van der Waals surface area contributed by atoms with Crippen LogP contribution in [0.15, 0.2) is 36.4 Å². The van der Waals surface area contributed by atoms with Gasteiger partial charge in [0.1, 0.15) is 5.82 Å². The molecule has 0 radical (unpaired) electrons. The maximum absolute atomic E-state index is 12.9. The summed E-state index contributed by atoms with van der Waals surface area (Å²) < 4.78 is 12.9. The number of carbonyl (C=O) groups excluding carboxylic acids is 3. The Labute approximate surface area is 133 Å². The zero-order valence-electron chi connectivity index (χ0n) is 12.7. The lowest BCUT2D eigenvalue weighted by atomic mass is 9.81. The topological polar surface area (TPSA) is 66.5 Å². The molecule has 3 amide bonds. The van der Waals surface area contributed by atoms with Gasteiger partial charge in [0.25, 0.3) is 5.91 Å². The van der Waals surface area contributed by atoms with Gasteiger partial charge in [0, 0.05) is 12.1 Å². The van der Waals surface area contributed by atoms with Crippen LogP contribution in [0.4, 0.5) is 4.39 Å². The van der Waals surface area contributed by atoms with Crippen LogP contribution < -0.4 is 5.32 Å². The van der Waals surface area contributed by atoms with Crippen molar-refractivity contribution in [2.75, 3.05) is 6.54 Å². The van der Waals surface area contributed by atoms with Crippen LogP contribution in [0.25, 0.3) is 0 Å². The molecular formula is C17H17FN2O3. The molecule has 6 heteroatoms. The largest absolute Gasteiger partial charge is 0.345 e. The SMILES string of the molecule is CCN1C(=O)[C@H]2[C@H](NC(=O)c3ccc(F)cc3)C=CC[C@H]2C1=O. The average Bonchev–Trinajstić information content (AvgIpc) is 2.79. The molecule has 1 aliphatic heterocycles. The van der Waals surface area contributed by atoms with Gasteiger partial charge in [0.05, 0.1) is 17.9 Å². The summed E-state index contributed by atoms with van der Waals surface area (Å²) in [5, 5.41) is 2.77. The molecule has 0 spiro atoms. The molecule has 1 N–H and O–H groups in total. The maximum atomic E-state index is 12.9. The third-order valence-corrected chi connectivity index (χ3v) is 4.41. The van der Waals surface area contributed by atoms with Crippen LogP contribution in [-0.2, 0) is 9.59 Å². The van der Waals surface area contributed by atoms with Gasteiger partial charge >= 0.3 is 0 Å². The quantitative estimate of drug-likeness (QED) is 0.679. The zero-order valence-corrected chi connectivity index (χ0v) is 12.7. The van der Waals surface area contributed by atoms with Crippen LogP contribution in [0.2, 0.25) is 0 Å². The number of allylic oxidation sites excluding steroid dienone is 1. The third kappa shape index (κ3) is 2.65. The molecule has 120 valence electrons. The Morgan fingerprint density at radius 1 is 1.26 bits per heavy atom. The molecule has 3 rings (SSSR count). The second-order valence-electron chi connectivity index (χ2n) is 5.72. The number of nitrogens with one attached hydrogen (secondary N) is 1. The third-order valence-electron chi connectivity index (χ3n) is 4.41. The van der Waals surface area contributed by atoms with Crippen molar-refractivity contribution in [3.63, 3.8) is 0 Å². The van der Waals surface area contributed by atoms with Gasteiger partial charge < -0.3 is 5.32 Å². The molecule has 23 heavy (non-hydrogen) atoms. The Hall–Kier alpha value is -2.50. The van der Waals surface area contributed by atoms with E-state index in [1.807, 2.05) is 6.08 Å². The molecule has 0 bridgehead atoms. The van der Waals surface area contributed by atoms with E-state index in [-0.39, 0.29) is 11.8 Å². The van der Waals surface area contributed by atoms with E-state index < -0.39 is 29.6 Å². The van der Waals surface area contributed by atoms with Gasteiger partial charge in [-0.2, -0.15) is 0 Å². The van der Waals surface area contributed by atoms with E-state index >= 15 is 0 Å². The number of imide groups is 1. The summed E-state index contributed by atoms with van der Waals surface area (Å²) in [7, 11) is 0. The molecule has 1 heterocycles. The highest BCUT2D eigenvalue weighted by Crippen LogP contribution is 2.35. The van der Waals surface area contributed by atoms with E-state index in [2.05, 4.69) is 5.32 Å². The number of likely N-dealkylation sites (tertiary alicyclic amines) is 1. The lowest BCUT2D eigenvalue weighted by Gasteiger charge is -2.27. The summed E-state index contributed by atoms with van der Waals surface area (Å²) in [6.45, 7) is 2.09.